The van der Waals surface area contributed by atoms with Crippen molar-refractivity contribution in [1.82, 2.24) is 4.90 Å². The highest BCUT2D eigenvalue weighted by molar-refractivity contribution is 14.1. The van der Waals surface area contributed by atoms with E-state index in [4.69, 9.17) is 4.74 Å². The lowest BCUT2D eigenvalue weighted by Gasteiger charge is -2.23. The van der Waals surface area contributed by atoms with Crippen molar-refractivity contribution in [3.8, 4) is 0 Å². The van der Waals surface area contributed by atoms with E-state index in [0.29, 0.717) is 0 Å². The highest BCUT2D eigenvalue weighted by Gasteiger charge is 2.04. The second-order valence-electron chi connectivity index (χ2n) is 2.63. The first-order valence-corrected chi connectivity index (χ1v) is 5.24. The summed E-state index contributed by atoms with van der Waals surface area (Å²) in [4.78, 5) is 6.32. The maximum absolute atomic E-state index is 5.21. The molecule has 4 heteroatoms. The van der Waals surface area contributed by atoms with E-state index in [1.807, 2.05) is 6.34 Å². The zero-order valence-corrected chi connectivity index (χ0v) is 9.61. The average molecular weight is 292 g/mol. The molecule has 72 valence electrons. The molecule has 0 saturated carbocycles. The SMILES string of the molecule is C=C/C(I)=C\N=C\N1CCOCC1. The molecule has 13 heavy (non-hydrogen) atoms. The van der Waals surface area contributed by atoms with Crippen LogP contribution in [0.5, 0.6) is 0 Å². The van der Waals surface area contributed by atoms with E-state index < -0.39 is 0 Å². The van der Waals surface area contributed by atoms with Gasteiger partial charge in [0, 0.05) is 22.9 Å². The van der Waals surface area contributed by atoms with Crippen molar-refractivity contribution in [3.05, 3.63) is 22.4 Å². The van der Waals surface area contributed by atoms with Crippen molar-refractivity contribution in [2.75, 3.05) is 26.3 Å². The van der Waals surface area contributed by atoms with Crippen molar-refractivity contribution in [2.24, 2.45) is 4.99 Å². The van der Waals surface area contributed by atoms with Gasteiger partial charge in [0.25, 0.3) is 0 Å². The van der Waals surface area contributed by atoms with Crippen molar-refractivity contribution in [1.29, 1.82) is 0 Å². The third-order valence-electron chi connectivity index (χ3n) is 1.67. The van der Waals surface area contributed by atoms with Gasteiger partial charge in [-0.05, 0) is 22.6 Å². The molecule has 0 amide bonds. The van der Waals surface area contributed by atoms with Crippen LogP contribution in [-0.4, -0.2) is 37.5 Å². The van der Waals surface area contributed by atoms with E-state index in [0.717, 1.165) is 29.9 Å². The summed E-state index contributed by atoms with van der Waals surface area (Å²) in [6.45, 7) is 7.11. The number of morpholine rings is 1. The number of aliphatic imine (C=N–C) groups is 1. The summed E-state index contributed by atoms with van der Waals surface area (Å²) >= 11 is 2.19. The van der Waals surface area contributed by atoms with Crippen LogP contribution >= 0.6 is 22.6 Å². The summed E-state index contributed by atoms with van der Waals surface area (Å²) in [5, 5.41) is 0. The van der Waals surface area contributed by atoms with Gasteiger partial charge in [0.2, 0.25) is 0 Å². The lowest BCUT2D eigenvalue weighted by Crippen LogP contribution is -2.34. The normalized spacial score (nSPS) is 19.5. The summed E-state index contributed by atoms with van der Waals surface area (Å²) in [7, 11) is 0. The molecule has 0 aromatic rings. The lowest BCUT2D eigenvalue weighted by molar-refractivity contribution is 0.0701. The molecule has 0 aromatic heterocycles. The Morgan fingerprint density at radius 3 is 2.77 bits per heavy atom. The molecule has 1 fully saturated rings. The third kappa shape index (κ3) is 4.42. The number of hydrogen-bond donors (Lipinski definition) is 0. The fourth-order valence-corrected chi connectivity index (χ4v) is 1.11. The van der Waals surface area contributed by atoms with Gasteiger partial charge in [0.05, 0.1) is 19.6 Å². The zero-order valence-electron chi connectivity index (χ0n) is 7.45. The number of nitrogens with zero attached hydrogens (tertiary/aromatic N) is 2. The minimum absolute atomic E-state index is 0.800. The fraction of sp³-hybridized carbons (Fsp3) is 0.444. The minimum Gasteiger partial charge on any atom is -0.378 e. The van der Waals surface area contributed by atoms with Crippen molar-refractivity contribution >= 4 is 28.9 Å². The van der Waals surface area contributed by atoms with Gasteiger partial charge < -0.3 is 9.64 Å². The Morgan fingerprint density at radius 1 is 1.46 bits per heavy atom. The van der Waals surface area contributed by atoms with Crippen LogP contribution in [0, 0.1) is 0 Å². The minimum atomic E-state index is 0.800. The molecule has 0 atom stereocenters. The van der Waals surface area contributed by atoms with Crippen LogP contribution in [0.15, 0.2) is 27.4 Å². The Hall–Kier alpha value is -0.360. The Bertz CT molecular complexity index is 220. The number of ether oxygens (including phenoxy) is 1. The maximum Gasteiger partial charge on any atom is 0.0906 e. The Morgan fingerprint density at radius 2 is 2.15 bits per heavy atom. The number of allylic oxidation sites excluding steroid dienone is 2. The lowest BCUT2D eigenvalue weighted by atomic mass is 10.5. The van der Waals surface area contributed by atoms with Gasteiger partial charge in [-0.15, -0.1) is 0 Å². The largest absolute Gasteiger partial charge is 0.378 e. The molecule has 3 nitrogen and oxygen atoms in total. The summed E-state index contributed by atoms with van der Waals surface area (Å²) in [6, 6.07) is 0. The van der Waals surface area contributed by atoms with E-state index in [-0.39, 0.29) is 0 Å². The monoisotopic (exact) mass is 292 g/mol. The predicted molar refractivity (Wildman–Crippen MR) is 63.2 cm³/mol. The second kappa shape index (κ2) is 6.15. The summed E-state index contributed by atoms with van der Waals surface area (Å²) < 4.78 is 6.26. The van der Waals surface area contributed by atoms with E-state index in [9.17, 15) is 0 Å². The quantitative estimate of drug-likeness (QED) is 0.343. The summed E-state index contributed by atoms with van der Waals surface area (Å²) in [5.74, 6) is 0. The molecule has 1 aliphatic heterocycles. The second-order valence-corrected chi connectivity index (χ2v) is 3.88. The number of halogens is 1. The fourth-order valence-electron chi connectivity index (χ4n) is 0.944. The third-order valence-corrected chi connectivity index (χ3v) is 2.39. The van der Waals surface area contributed by atoms with Crippen LogP contribution in [0.4, 0.5) is 0 Å². The van der Waals surface area contributed by atoms with Gasteiger partial charge in [0.1, 0.15) is 0 Å². The highest BCUT2D eigenvalue weighted by atomic mass is 127. The molecular weight excluding hydrogens is 279 g/mol. The molecule has 0 spiro atoms. The predicted octanol–water partition coefficient (Wildman–Crippen LogP) is 1.81. The topological polar surface area (TPSA) is 24.8 Å². The molecular formula is C9H13IN2O. The Labute approximate surface area is 92.3 Å². The molecule has 1 rings (SSSR count). The molecule has 0 aliphatic carbocycles. The van der Waals surface area contributed by atoms with Gasteiger partial charge in [0.15, 0.2) is 0 Å². The maximum atomic E-state index is 5.21. The van der Waals surface area contributed by atoms with Crippen molar-refractivity contribution in [2.45, 2.75) is 0 Å². The van der Waals surface area contributed by atoms with E-state index in [1.165, 1.54) is 0 Å². The van der Waals surface area contributed by atoms with E-state index in [2.05, 4.69) is 39.1 Å². The van der Waals surface area contributed by atoms with Crippen LogP contribution in [0.25, 0.3) is 0 Å². The average Bonchev–Trinajstić information content (AvgIpc) is 2.19. The van der Waals surface area contributed by atoms with Gasteiger partial charge in [-0.1, -0.05) is 12.7 Å². The van der Waals surface area contributed by atoms with Gasteiger partial charge in [-0.2, -0.15) is 0 Å². The molecule has 0 bridgehead atoms. The van der Waals surface area contributed by atoms with Gasteiger partial charge in [-0.25, -0.2) is 4.99 Å². The Kier molecular flexibility index (Phi) is 5.07. The highest BCUT2D eigenvalue weighted by Crippen LogP contribution is 2.05. The van der Waals surface area contributed by atoms with Crippen LogP contribution in [0.2, 0.25) is 0 Å². The molecule has 0 aromatic carbocycles. The summed E-state index contributed by atoms with van der Waals surface area (Å²) in [5.41, 5.74) is 0. The number of rotatable bonds is 3. The van der Waals surface area contributed by atoms with Gasteiger partial charge >= 0.3 is 0 Å². The smallest absolute Gasteiger partial charge is 0.0906 e. The van der Waals surface area contributed by atoms with Crippen molar-refractivity contribution in [3.63, 3.8) is 0 Å². The zero-order chi connectivity index (χ0) is 9.52. The first-order chi connectivity index (χ1) is 6.33. The molecule has 1 heterocycles. The summed E-state index contributed by atoms with van der Waals surface area (Å²) in [6.07, 6.45) is 5.42. The standard InChI is InChI=1S/C9H13IN2O/c1-2-9(10)7-11-8-12-3-5-13-6-4-12/h2,7-8H,1,3-6H2/b9-7+,11-8+. The molecule has 0 unspecified atom stereocenters. The first kappa shape index (κ1) is 10.7. The molecule has 1 saturated heterocycles. The van der Waals surface area contributed by atoms with Gasteiger partial charge in [-0.3, -0.25) is 0 Å². The Balaban J connectivity index is 2.33. The van der Waals surface area contributed by atoms with Crippen LogP contribution < -0.4 is 0 Å². The van der Waals surface area contributed by atoms with E-state index in [1.54, 1.807) is 12.3 Å². The van der Waals surface area contributed by atoms with Crippen molar-refractivity contribution < 1.29 is 4.74 Å². The van der Waals surface area contributed by atoms with Crippen LogP contribution in [0.1, 0.15) is 0 Å². The van der Waals surface area contributed by atoms with Crippen LogP contribution in [-0.2, 0) is 4.74 Å². The molecule has 1 aliphatic rings. The molecule has 0 radical (unpaired) electrons. The molecule has 0 N–H and O–H groups in total. The van der Waals surface area contributed by atoms with E-state index >= 15 is 0 Å². The first-order valence-electron chi connectivity index (χ1n) is 4.16. The van der Waals surface area contributed by atoms with Crippen LogP contribution in [0.3, 0.4) is 0 Å². The number of hydrogen-bond acceptors (Lipinski definition) is 2.